The van der Waals surface area contributed by atoms with Crippen LogP contribution >= 0.6 is 0 Å². The minimum Gasteiger partial charge on any atom is -0.481 e. The van der Waals surface area contributed by atoms with Gasteiger partial charge in [-0.1, -0.05) is 6.92 Å². The predicted octanol–water partition coefficient (Wildman–Crippen LogP) is 1.57. The molecule has 0 radical (unpaired) electrons. The van der Waals surface area contributed by atoms with Crippen LogP contribution in [-0.2, 0) is 9.59 Å². The Morgan fingerprint density at radius 3 is 2.22 bits per heavy atom. The number of rotatable bonds is 3. The van der Waals surface area contributed by atoms with Gasteiger partial charge in [-0.15, -0.1) is 0 Å². The summed E-state index contributed by atoms with van der Waals surface area (Å²) in [4.78, 5) is 24.2. The Balaban J connectivity index is 2.11. The molecule has 4 fully saturated rings. The Labute approximate surface area is 107 Å². The number of Topliss-reactive ketones (excluding diaryl/α,β-unsaturated/α-hetero) is 1. The van der Waals surface area contributed by atoms with Gasteiger partial charge < -0.3 is 10.8 Å². The zero-order chi connectivity index (χ0) is 13.1. The second-order valence-corrected chi connectivity index (χ2v) is 6.58. The van der Waals surface area contributed by atoms with E-state index in [-0.39, 0.29) is 11.7 Å². The summed E-state index contributed by atoms with van der Waals surface area (Å²) >= 11 is 0. The van der Waals surface area contributed by atoms with Crippen LogP contribution in [0.25, 0.3) is 0 Å². The second-order valence-electron chi connectivity index (χ2n) is 6.58. The maximum absolute atomic E-state index is 12.3. The standard InChI is InChI=1S/C14H21NO3/c1-2-11(16)14(15)10-4-8-3-9(5-10)7-13(14,6-8)12(17)18/h8-10H,2-7,15H2,1H3,(H,17,18). The molecular weight excluding hydrogens is 230 g/mol. The quantitative estimate of drug-likeness (QED) is 0.798. The van der Waals surface area contributed by atoms with E-state index in [2.05, 4.69) is 0 Å². The molecule has 4 heteroatoms. The van der Waals surface area contributed by atoms with E-state index in [1.807, 2.05) is 0 Å². The van der Waals surface area contributed by atoms with E-state index in [1.165, 1.54) is 0 Å². The third kappa shape index (κ3) is 1.20. The molecule has 4 aliphatic carbocycles. The molecule has 0 heterocycles. The van der Waals surface area contributed by atoms with Crippen LogP contribution in [0.4, 0.5) is 0 Å². The van der Waals surface area contributed by atoms with E-state index in [0.29, 0.717) is 31.1 Å². The maximum atomic E-state index is 12.3. The van der Waals surface area contributed by atoms with Gasteiger partial charge in [0.2, 0.25) is 0 Å². The Hall–Kier alpha value is -0.900. The molecule has 100 valence electrons. The van der Waals surface area contributed by atoms with Crippen LogP contribution in [0.5, 0.6) is 0 Å². The van der Waals surface area contributed by atoms with Crippen molar-refractivity contribution in [3.63, 3.8) is 0 Å². The van der Waals surface area contributed by atoms with E-state index >= 15 is 0 Å². The van der Waals surface area contributed by atoms with Crippen LogP contribution in [0, 0.1) is 23.2 Å². The lowest BCUT2D eigenvalue weighted by atomic mass is 9.41. The van der Waals surface area contributed by atoms with Crippen LogP contribution in [0.2, 0.25) is 0 Å². The highest BCUT2D eigenvalue weighted by Crippen LogP contribution is 2.64. The molecule has 4 aliphatic rings. The van der Waals surface area contributed by atoms with Crippen molar-refractivity contribution >= 4 is 11.8 Å². The normalized spacial score (nSPS) is 49.3. The summed E-state index contributed by atoms with van der Waals surface area (Å²) in [5, 5.41) is 9.73. The third-order valence-corrected chi connectivity index (χ3v) is 5.80. The smallest absolute Gasteiger partial charge is 0.312 e. The first kappa shape index (κ1) is 12.2. The molecule has 0 aromatic rings. The van der Waals surface area contributed by atoms with Crippen molar-refractivity contribution in [1.29, 1.82) is 0 Å². The van der Waals surface area contributed by atoms with E-state index in [1.54, 1.807) is 6.92 Å². The summed E-state index contributed by atoms with van der Waals surface area (Å²) < 4.78 is 0. The van der Waals surface area contributed by atoms with Gasteiger partial charge in [0.05, 0.1) is 11.0 Å². The van der Waals surface area contributed by atoms with E-state index in [4.69, 9.17) is 5.73 Å². The fourth-order valence-corrected chi connectivity index (χ4v) is 5.21. The molecule has 18 heavy (non-hydrogen) atoms. The van der Waals surface area contributed by atoms with Gasteiger partial charge in [-0.25, -0.2) is 0 Å². The third-order valence-electron chi connectivity index (χ3n) is 5.80. The molecule has 3 N–H and O–H groups in total. The number of aliphatic carboxylic acids is 1. The summed E-state index contributed by atoms with van der Waals surface area (Å²) in [6.07, 6.45) is 4.61. The topological polar surface area (TPSA) is 80.4 Å². The first-order chi connectivity index (χ1) is 8.44. The summed E-state index contributed by atoms with van der Waals surface area (Å²) in [6, 6.07) is 0. The highest BCUT2D eigenvalue weighted by Gasteiger charge is 2.69. The number of ketones is 1. The number of carbonyl (C=O) groups excluding carboxylic acids is 1. The van der Waals surface area contributed by atoms with E-state index < -0.39 is 16.9 Å². The van der Waals surface area contributed by atoms with Crippen LogP contribution in [0.3, 0.4) is 0 Å². The number of hydrogen-bond donors (Lipinski definition) is 2. The van der Waals surface area contributed by atoms with Gasteiger partial charge >= 0.3 is 5.97 Å². The fourth-order valence-electron chi connectivity index (χ4n) is 5.21. The number of carboxylic acids is 1. The van der Waals surface area contributed by atoms with Crippen molar-refractivity contribution < 1.29 is 14.7 Å². The Morgan fingerprint density at radius 2 is 1.78 bits per heavy atom. The molecule has 3 atom stereocenters. The number of hydrogen-bond acceptors (Lipinski definition) is 3. The van der Waals surface area contributed by atoms with Gasteiger partial charge in [-0.2, -0.15) is 0 Å². The first-order valence-corrected chi connectivity index (χ1v) is 6.99. The van der Waals surface area contributed by atoms with Gasteiger partial charge in [-0.3, -0.25) is 9.59 Å². The molecule has 0 saturated heterocycles. The summed E-state index contributed by atoms with van der Waals surface area (Å²) in [6.45, 7) is 1.79. The van der Waals surface area contributed by atoms with Gasteiger partial charge in [0.25, 0.3) is 0 Å². The minimum absolute atomic E-state index is 0.0475. The summed E-state index contributed by atoms with van der Waals surface area (Å²) in [5.41, 5.74) is 4.36. The summed E-state index contributed by atoms with van der Waals surface area (Å²) in [5.74, 6) is 0.145. The highest BCUT2D eigenvalue weighted by molar-refractivity contribution is 5.96. The Bertz CT molecular complexity index is 405. The first-order valence-electron chi connectivity index (χ1n) is 6.99. The van der Waals surface area contributed by atoms with Crippen molar-refractivity contribution in [3.05, 3.63) is 0 Å². The minimum atomic E-state index is -1.11. The molecule has 0 spiro atoms. The van der Waals surface area contributed by atoms with Crippen molar-refractivity contribution in [2.45, 2.75) is 51.0 Å². The average molecular weight is 251 g/mol. The second kappa shape index (κ2) is 3.56. The number of nitrogens with two attached hydrogens (primary N) is 1. The Kier molecular flexibility index (Phi) is 2.40. The number of carbonyl (C=O) groups is 2. The van der Waals surface area contributed by atoms with E-state index in [9.17, 15) is 14.7 Å². The zero-order valence-electron chi connectivity index (χ0n) is 10.8. The van der Waals surface area contributed by atoms with Gasteiger partial charge in [0, 0.05) is 6.42 Å². The monoisotopic (exact) mass is 251 g/mol. The van der Waals surface area contributed by atoms with E-state index in [0.717, 1.165) is 19.3 Å². The molecule has 4 rings (SSSR count). The lowest BCUT2D eigenvalue weighted by molar-refractivity contribution is -0.186. The van der Waals surface area contributed by atoms with Crippen molar-refractivity contribution in [3.8, 4) is 0 Å². The predicted molar refractivity (Wildman–Crippen MR) is 65.8 cm³/mol. The van der Waals surface area contributed by atoms with Crippen molar-refractivity contribution in [2.24, 2.45) is 28.9 Å². The maximum Gasteiger partial charge on any atom is 0.312 e. The molecule has 4 saturated carbocycles. The average Bonchev–Trinajstić information content (AvgIpc) is 2.33. The van der Waals surface area contributed by atoms with Gasteiger partial charge in [-0.05, 0) is 49.9 Å². The van der Waals surface area contributed by atoms with Crippen LogP contribution in [-0.4, -0.2) is 22.4 Å². The van der Waals surface area contributed by atoms with Crippen LogP contribution in [0.15, 0.2) is 0 Å². The van der Waals surface area contributed by atoms with Gasteiger partial charge in [0.1, 0.15) is 0 Å². The van der Waals surface area contributed by atoms with Crippen molar-refractivity contribution in [1.82, 2.24) is 0 Å². The van der Waals surface area contributed by atoms with Gasteiger partial charge in [0.15, 0.2) is 5.78 Å². The SMILES string of the molecule is CCC(=O)C1(N)C2CC3CC(C2)CC1(C(=O)O)C3. The Morgan fingerprint density at radius 1 is 1.22 bits per heavy atom. The fraction of sp³-hybridized carbons (Fsp3) is 0.857. The lowest BCUT2D eigenvalue weighted by Crippen LogP contribution is -2.75. The molecular formula is C14H21NO3. The largest absolute Gasteiger partial charge is 0.481 e. The molecule has 4 bridgehead atoms. The lowest BCUT2D eigenvalue weighted by Gasteiger charge is -2.63. The summed E-state index contributed by atoms with van der Waals surface area (Å²) in [7, 11) is 0. The molecule has 3 unspecified atom stereocenters. The van der Waals surface area contributed by atoms with Crippen LogP contribution in [0.1, 0.15) is 45.4 Å². The highest BCUT2D eigenvalue weighted by atomic mass is 16.4. The molecule has 0 amide bonds. The van der Waals surface area contributed by atoms with Crippen molar-refractivity contribution in [2.75, 3.05) is 0 Å². The molecule has 4 nitrogen and oxygen atoms in total. The molecule has 0 aromatic carbocycles. The number of carboxylic acid groups (broad SMARTS) is 1. The molecule has 0 aromatic heterocycles. The molecule has 0 aliphatic heterocycles. The van der Waals surface area contributed by atoms with Crippen LogP contribution < -0.4 is 5.73 Å². The zero-order valence-corrected chi connectivity index (χ0v) is 10.8.